The summed E-state index contributed by atoms with van der Waals surface area (Å²) in [7, 11) is 1.52. The maximum atomic E-state index is 12.6. The van der Waals surface area contributed by atoms with Gasteiger partial charge in [0.05, 0.1) is 12.3 Å². The van der Waals surface area contributed by atoms with Crippen LogP contribution in [-0.2, 0) is 23.9 Å². The fourth-order valence-corrected chi connectivity index (χ4v) is 2.80. The third-order valence-corrected chi connectivity index (χ3v) is 4.18. The Hall–Kier alpha value is -3.46. The number of ether oxygens (including phenoxy) is 3. The first-order chi connectivity index (χ1) is 14.1. The van der Waals surface area contributed by atoms with E-state index in [0.717, 1.165) is 0 Å². The molecule has 0 bridgehead atoms. The van der Waals surface area contributed by atoms with Crippen molar-refractivity contribution in [3.05, 3.63) is 54.4 Å². The first kappa shape index (κ1) is 20.3. The number of carbonyl (C=O) groups is 3. The normalized spacial score (nSPS) is 13.8. The van der Waals surface area contributed by atoms with Gasteiger partial charge in [0.1, 0.15) is 12.3 Å². The zero-order chi connectivity index (χ0) is 20.6. The molecule has 0 aliphatic carbocycles. The Morgan fingerprint density at radius 1 is 1.28 bits per heavy atom. The molecule has 0 fully saturated rings. The number of hydrogen-bond acceptors (Lipinski definition) is 7. The number of amides is 2. The van der Waals surface area contributed by atoms with Crippen molar-refractivity contribution in [2.24, 2.45) is 0 Å². The zero-order valence-electron chi connectivity index (χ0n) is 15.9. The number of nitrogens with zero attached hydrogens (tertiary/aromatic N) is 2. The van der Waals surface area contributed by atoms with Crippen LogP contribution in [0.25, 0.3) is 0 Å². The largest absolute Gasteiger partial charge is 0.482 e. The number of methoxy groups -OCH3 is 1. The summed E-state index contributed by atoms with van der Waals surface area (Å²) in [5, 5.41) is 2.65. The summed E-state index contributed by atoms with van der Waals surface area (Å²) in [6.45, 7) is 0.0621. The number of nitrogens with one attached hydrogen (secondary N) is 1. The summed E-state index contributed by atoms with van der Waals surface area (Å²) in [6.07, 6.45) is 1.80. The first-order valence-electron chi connectivity index (χ1n) is 8.98. The Labute approximate surface area is 167 Å². The summed E-state index contributed by atoms with van der Waals surface area (Å²) in [5.41, 5.74) is 0.896. The molecule has 1 aliphatic rings. The van der Waals surface area contributed by atoms with E-state index in [2.05, 4.69) is 10.3 Å². The fraction of sp³-hybridized carbons (Fsp3) is 0.300. The molecule has 152 valence electrons. The van der Waals surface area contributed by atoms with E-state index in [9.17, 15) is 14.4 Å². The molecular formula is C20H21N3O6. The van der Waals surface area contributed by atoms with Gasteiger partial charge in [0.25, 0.3) is 11.8 Å². The van der Waals surface area contributed by atoms with E-state index in [0.29, 0.717) is 23.6 Å². The van der Waals surface area contributed by atoms with Crippen molar-refractivity contribution in [3.8, 4) is 5.75 Å². The van der Waals surface area contributed by atoms with Gasteiger partial charge < -0.3 is 19.5 Å². The standard InChI is InChI=1S/C20H21N3O6/c1-27-10-9-22-20(26)19(14-5-4-8-21-11-14)29-18(25)12-23-15-6-2-3-7-16(15)28-13-17(23)24/h2-8,11,19H,9-10,12-13H2,1H3,(H,22,26)/t19-/m0/s1. The van der Waals surface area contributed by atoms with Crippen LogP contribution in [0.4, 0.5) is 5.69 Å². The number of pyridine rings is 1. The Kier molecular flexibility index (Phi) is 6.75. The van der Waals surface area contributed by atoms with Crippen molar-refractivity contribution < 1.29 is 28.6 Å². The van der Waals surface area contributed by atoms with Crippen LogP contribution in [0, 0.1) is 0 Å². The zero-order valence-corrected chi connectivity index (χ0v) is 15.9. The second kappa shape index (κ2) is 9.65. The van der Waals surface area contributed by atoms with E-state index in [-0.39, 0.29) is 25.6 Å². The van der Waals surface area contributed by atoms with Gasteiger partial charge in [-0.1, -0.05) is 18.2 Å². The van der Waals surface area contributed by atoms with Crippen LogP contribution in [0.2, 0.25) is 0 Å². The van der Waals surface area contributed by atoms with Crippen LogP contribution in [-0.4, -0.2) is 56.2 Å². The van der Waals surface area contributed by atoms with Crippen LogP contribution in [0.3, 0.4) is 0 Å². The topological polar surface area (TPSA) is 107 Å². The molecule has 1 N–H and O–H groups in total. The minimum atomic E-state index is -1.19. The molecule has 2 amide bonds. The number of rotatable bonds is 8. The second-order valence-electron chi connectivity index (χ2n) is 6.18. The van der Waals surface area contributed by atoms with E-state index < -0.39 is 18.0 Å². The number of carbonyl (C=O) groups excluding carboxylic acids is 3. The lowest BCUT2D eigenvalue weighted by Gasteiger charge is -2.29. The SMILES string of the molecule is COCCNC(=O)[C@@H](OC(=O)CN1C(=O)COc2ccccc21)c1cccnc1. The van der Waals surface area contributed by atoms with Crippen molar-refractivity contribution in [2.75, 3.05) is 38.3 Å². The molecule has 1 aromatic heterocycles. The predicted molar refractivity (Wildman–Crippen MR) is 102 cm³/mol. The van der Waals surface area contributed by atoms with Gasteiger partial charge in [-0.3, -0.25) is 24.3 Å². The summed E-state index contributed by atoms with van der Waals surface area (Å²) in [6, 6.07) is 10.2. The maximum absolute atomic E-state index is 12.6. The van der Waals surface area contributed by atoms with Gasteiger partial charge in [-0.25, -0.2) is 0 Å². The Balaban J connectivity index is 1.73. The van der Waals surface area contributed by atoms with Crippen LogP contribution in [0.1, 0.15) is 11.7 Å². The van der Waals surface area contributed by atoms with Crippen LogP contribution in [0.5, 0.6) is 5.75 Å². The highest BCUT2D eigenvalue weighted by Gasteiger charge is 2.30. The van der Waals surface area contributed by atoms with Gasteiger partial charge in [0, 0.05) is 31.6 Å². The third kappa shape index (κ3) is 5.08. The van der Waals surface area contributed by atoms with Gasteiger partial charge in [-0.05, 0) is 18.2 Å². The van der Waals surface area contributed by atoms with E-state index in [1.807, 2.05) is 0 Å². The van der Waals surface area contributed by atoms with Gasteiger partial charge in [0.2, 0.25) is 6.10 Å². The molecule has 3 rings (SSSR count). The third-order valence-electron chi connectivity index (χ3n) is 4.18. The van der Waals surface area contributed by atoms with E-state index in [4.69, 9.17) is 14.2 Å². The molecule has 2 aromatic rings. The molecule has 0 unspecified atom stereocenters. The Morgan fingerprint density at radius 2 is 2.10 bits per heavy atom. The van der Waals surface area contributed by atoms with Crippen LogP contribution < -0.4 is 15.0 Å². The van der Waals surface area contributed by atoms with Crippen molar-refractivity contribution in [2.45, 2.75) is 6.10 Å². The van der Waals surface area contributed by atoms with E-state index in [1.165, 1.54) is 18.2 Å². The first-order valence-corrected chi connectivity index (χ1v) is 8.98. The highest BCUT2D eigenvalue weighted by atomic mass is 16.5. The molecule has 1 atom stereocenters. The lowest BCUT2D eigenvalue weighted by molar-refractivity contribution is -0.155. The van der Waals surface area contributed by atoms with Crippen LogP contribution >= 0.6 is 0 Å². The number of anilines is 1. The number of fused-ring (bicyclic) bond motifs is 1. The Bertz CT molecular complexity index is 874. The number of aromatic nitrogens is 1. The molecule has 0 saturated carbocycles. The molecule has 29 heavy (non-hydrogen) atoms. The molecule has 2 heterocycles. The van der Waals surface area contributed by atoms with E-state index in [1.54, 1.807) is 42.6 Å². The highest BCUT2D eigenvalue weighted by Crippen LogP contribution is 2.31. The number of esters is 1. The average molecular weight is 399 g/mol. The van der Waals surface area contributed by atoms with Crippen molar-refractivity contribution in [3.63, 3.8) is 0 Å². The average Bonchev–Trinajstić information content (AvgIpc) is 2.75. The van der Waals surface area contributed by atoms with Crippen molar-refractivity contribution in [1.29, 1.82) is 0 Å². The minimum absolute atomic E-state index is 0.173. The molecule has 0 radical (unpaired) electrons. The monoisotopic (exact) mass is 399 g/mol. The lowest BCUT2D eigenvalue weighted by atomic mass is 10.1. The quantitative estimate of drug-likeness (QED) is 0.518. The molecular weight excluding hydrogens is 378 g/mol. The molecule has 1 aliphatic heterocycles. The Morgan fingerprint density at radius 3 is 2.86 bits per heavy atom. The van der Waals surface area contributed by atoms with Crippen molar-refractivity contribution in [1.82, 2.24) is 10.3 Å². The van der Waals surface area contributed by atoms with Gasteiger partial charge in [-0.15, -0.1) is 0 Å². The van der Waals surface area contributed by atoms with Gasteiger partial charge >= 0.3 is 5.97 Å². The molecule has 1 aromatic carbocycles. The maximum Gasteiger partial charge on any atom is 0.327 e. The smallest absolute Gasteiger partial charge is 0.327 e. The van der Waals surface area contributed by atoms with Gasteiger partial charge in [-0.2, -0.15) is 0 Å². The lowest BCUT2D eigenvalue weighted by Crippen LogP contribution is -2.43. The molecule has 9 heteroatoms. The summed E-state index contributed by atoms with van der Waals surface area (Å²) in [5.74, 6) is -1.10. The summed E-state index contributed by atoms with van der Waals surface area (Å²) in [4.78, 5) is 42.6. The van der Waals surface area contributed by atoms with Crippen molar-refractivity contribution >= 4 is 23.5 Å². The number of benzene rings is 1. The van der Waals surface area contributed by atoms with Crippen LogP contribution in [0.15, 0.2) is 48.8 Å². The predicted octanol–water partition coefficient (Wildman–Crippen LogP) is 0.854. The number of para-hydroxylation sites is 2. The van der Waals surface area contributed by atoms with Gasteiger partial charge in [0.15, 0.2) is 6.61 Å². The summed E-state index contributed by atoms with van der Waals surface area (Å²) < 4.78 is 15.7. The molecule has 9 nitrogen and oxygen atoms in total. The molecule has 0 spiro atoms. The molecule has 0 saturated heterocycles. The minimum Gasteiger partial charge on any atom is -0.482 e. The number of hydrogen-bond donors (Lipinski definition) is 1. The second-order valence-corrected chi connectivity index (χ2v) is 6.18. The highest BCUT2D eigenvalue weighted by molar-refractivity contribution is 6.01. The summed E-state index contributed by atoms with van der Waals surface area (Å²) >= 11 is 0. The van der Waals surface area contributed by atoms with E-state index >= 15 is 0 Å². The fourth-order valence-electron chi connectivity index (χ4n) is 2.80.